The van der Waals surface area contributed by atoms with Crippen molar-refractivity contribution in [2.75, 3.05) is 6.61 Å². The van der Waals surface area contributed by atoms with E-state index in [1.807, 2.05) is 33.8 Å². The third-order valence-electron chi connectivity index (χ3n) is 4.87. The number of hydroxylamine groups is 2. The van der Waals surface area contributed by atoms with Crippen LogP contribution in [0.25, 0.3) is 0 Å². The molecule has 1 N–H and O–H groups in total. The molecule has 0 spiro atoms. The van der Waals surface area contributed by atoms with E-state index in [9.17, 15) is 14.8 Å². The molecule has 2 rings (SSSR count). The highest BCUT2D eigenvalue weighted by molar-refractivity contribution is 14.1. The summed E-state index contributed by atoms with van der Waals surface area (Å²) >= 11 is 6.50. The van der Waals surface area contributed by atoms with E-state index < -0.39 is 11.1 Å². The molecule has 0 bridgehead atoms. The van der Waals surface area contributed by atoms with Crippen molar-refractivity contribution in [2.24, 2.45) is 0 Å². The minimum absolute atomic E-state index is 0.165. The molecule has 29 heavy (non-hydrogen) atoms. The molecule has 0 aromatic heterocycles. The summed E-state index contributed by atoms with van der Waals surface area (Å²) in [5.41, 5.74) is -0.390. The molecule has 0 saturated carbocycles. The zero-order chi connectivity index (χ0) is 22.0. The molecule has 1 aromatic carbocycles. The summed E-state index contributed by atoms with van der Waals surface area (Å²) in [7, 11) is 0. The number of halogens is 3. The molecule has 1 fully saturated rings. The Morgan fingerprint density at radius 1 is 1.14 bits per heavy atom. The van der Waals surface area contributed by atoms with Crippen molar-refractivity contribution in [3.63, 3.8) is 0 Å². The van der Waals surface area contributed by atoms with Gasteiger partial charge >= 0.3 is 11.9 Å². The van der Waals surface area contributed by atoms with Crippen molar-refractivity contribution in [2.45, 2.75) is 70.6 Å². The summed E-state index contributed by atoms with van der Waals surface area (Å²) in [4.78, 5) is 24.6. The maximum Gasteiger partial charge on any atom is 0.339 e. The first-order chi connectivity index (χ1) is 13.3. The lowest BCUT2D eigenvalue weighted by Crippen LogP contribution is -2.60. The first-order valence-corrected chi connectivity index (χ1v) is 12.6. The smallest absolute Gasteiger partial charge is 0.339 e. The first kappa shape index (κ1) is 25.5. The van der Waals surface area contributed by atoms with Gasteiger partial charge in [-0.3, -0.25) is 4.79 Å². The topological polar surface area (TPSA) is 76.1 Å². The molecule has 1 aliphatic rings. The van der Waals surface area contributed by atoms with Gasteiger partial charge in [-0.25, -0.2) is 4.79 Å². The molecule has 1 heterocycles. The van der Waals surface area contributed by atoms with Crippen molar-refractivity contribution >= 4 is 79.7 Å². The molecule has 162 valence electrons. The molecule has 0 atom stereocenters. The van der Waals surface area contributed by atoms with Crippen LogP contribution in [0.15, 0.2) is 12.1 Å². The maximum absolute atomic E-state index is 12.3. The van der Waals surface area contributed by atoms with Gasteiger partial charge in [-0.05, 0) is 114 Å². The number of hydrogen-bond acceptors (Lipinski definition) is 6. The number of carbonyl (C=O) groups excluding carboxylic acids is 2. The summed E-state index contributed by atoms with van der Waals surface area (Å²) in [5.74, 6) is -0.680. The van der Waals surface area contributed by atoms with E-state index in [-0.39, 0.29) is 31.1 Å². The average Bonchev–Trinajstić information content (AvgIpc) is 2.59. The molecule has 1 aromatic rings. The number of esters is 2. The SMILES string of the molecule is CC1(C)CC(OC(=O)CCCOC(=O)c2cc(I)cc(I)c2I)CC(C)(C)N1O. The molecule has 0 radical (unpaired) electrons. The van der Waals surface area contributed by atoms with E-state index in [1.165, 1.54) is 5.06 Å². The Balaban J connectivity index is 1.80. The zero-order valence-corrected chi connectivity index (χ0v) is 23.4. The Bertz CT molecular complexity index is 764. The van der Waals surface area contributed by atoms with E-state index in [2.05, 4.69) is 67.8 Å². The van der Waals surface area contributed by atoms with Gasteiger partial charge in [0, 0.05) is 41.1 Å². The predicted octanol–water partition coefficient (Wildman–Crippen LogP) is 5.39. The maximum atomic E-state index is 12.3. The fourth-order valence-corrected chi connectivity index (χ4v) is 6.05. The summed E-state index contributed by atoms with van der Waals surface area (Å²) in [6.07, 6.45) is 1.49. The number of benzene rings is 1. The Labute approximate surface area is 212 Å². The lowest BCUT2D eigenvalue weighted by Gasteiger charge is -2.50. The minimum Gasteiger partial charge on any atom is -0.462 e. The van der Waals surface area contributed by atoms with Gasteiger partial charge in [-0.15, -0.1) is 0 Å². The summed E-state index contributed by atoms with van der Waals surface area (Å²) in [6.45, 7) is 7.89. The lowest BCUT2D eigenvalue weighted by atomic mass is 9.80. The normalized spacial score (nSPS) is 19.0. The van der Waals surface area contributed by atoms with Crippen LogP contribution in [0.5, 0.6) is 0 Å². The van der Waals surface area contributed by atoms with Crippen LogP contribution in [0.4, 0.5) is 0 Å². The fourth-order valence-electron chi connectivity index (χ4n) is 3.67. The number of carbonyl (C=O) groups is 2. The van der Waals surface area contributed by atoms with Crippen molar-refractivity contribution < 1.29 is 24.3 Å². The highest BCUT2D eigenvalue weighted by Crippen LogP contribution is 2.38. The molecule has 1 saturated heterocycles. The highest BCUT2D eigenvalue weighted by Gasteiger charge is 2.46. The molecule has 0 amide bonds. The van der Waals surface area contributed by atoms with Crippen LogP contribution >= 0.6 is 67.8 Å². The van der Waals surface area contributed by atoms with Gasteiger partial charge in [0.2, 0.25) is 0 Å². The van der Waals surface area contributed by atoms with Crippen LogP contribution in [0, 0.1) is 10.7 Å². The molecule has 6 nitrogen and oxygen atoms in total. The Hall–Kier alpha value is 0.270. The van der Waals surface area contributed by atoms with Crippen molar-refractivity contribution in [1.29, 1.82) is 0 Å². The molecular formula is C20H26I3NO5. The summed E-state index contributed by atoms with van der Waals surface area (Å²) in [5, 5.41) is 11.7. The van der Waals surface area contributed by atoms with Gasteiger partial charge in [0.15, 0.2) is 0 Å². The van der Waals surface area contributed by atoms with E-state index in [0.717, 1.165) is 10.7 Å². The Morgan fingerprint density at radius 2 is 1.72 bits per heavy atom. The second-order valence-electron chi connectivity index (χ2n) is 8.45. The minimum atomic E-state index is -0.468. The molecule has 1 aliphatic heterocycles. The second-order valence-corrected chi connectivity index (χ2v) is 11.9. The number of nitrogens with zero attached hydrogens (tertiary/aromatic N) is 1. The predicted molar refractivity (Wildman–Crippen MR) is 135 cm³/mol. The number of hydrogen-bond donors (Lipinski definition) is 1. The summed E-state index contributed by atoms with van der Waals surface area (Å²) < 4.78 is 13.8. The molecule has 9 heteroatoms. The van der Waals surface area contributed by atoms with Gasteiger partial charge in [-0.2, -0.15) is 5.06 Å². The van der Waals surface area contributed by atoms with Gasteiger partial charge in [0.05, 0.1) is 12.2 Å². The second kappa shape index (κ2) is 10.3. The van der Waals surface area contributed by atoms with Gasteiger partial charge in [-0.1, -0.05) is 0 Å². The van der Waals surface area contributed by atoms with Crippen LogP contribution in [-0.4, -0.2) is 46.0 Å². The van der Waals surface area contributed by atoms with Crippen molar-refractivity contribution in [3.05, 3.63) is 28.4 Å². The largest absolute Gasteiger partial charge is 0.462 e. The Morgan fingerprint density at radius 3 is 2.31 bits per heavy atom. The van der Waals surface area contributed by atoms with Gasteiger partial charge in [0.25, 0.3) is 0 Å². The van der Waals surface area contributed by atoms with Crippen LogP contribution < -0.4 is 0 Å². The highest BCUT2D eigenvalue weighted by atomic mass is 127. The van der Waals surface area contributed by atoms with Crippen LogP contribution in [0.3, 0.4) is 0 Å². The van der Waals surface area contributed by atoms with Crippen LogP contribution in [-0.2, 0) is 14.3 Å². The first-order valence-electron chi connectivity index (χ1n) is 9.34. The zero-order valence-electron chi connectivity index (χ0n) is 16.9. The molecule has 0 aliphatic carbocycles. The number of rotatable bonds is 6. The average molecular weight is 741 g/mol. The van der Waals surface area contributed by atoms with Crippen molar-refractivity contribution in [1.82, 2.24) is 5.06 Å². The third kappa shape index (κ3) is 6.88. The standard InChI is InChI=1S/C20H26I3NO5/c1-19(2)10-13(11-20(3,4)24(19)27)29-16(25)6-5-7-28-18(26)14-8-12(21)9-15(22)17(14)23/h8-9,13,27H,5-7,10-11H2,1-4H3. The van der Waals surface area contributed by atoms with Crippen molar-refractivity contribution in [3.8, 4) is 0 Å². The summed E-state index contributed by atoms with van der Waals surface area (Å²) in [6, 6.07) is 3.80. The fraction of sp³-hybridized carbons (Fsp3) is 0.600. The number of piperidine rings is 1. The Kier molecular flexibility index (Phi) is 9.03. The van der Waals surface area contributed by atoms with E-state index in [1.54, 1.807) is 6.07 Å². The molecule has 0 unspecified atom stereocenters. The van der Waals surface area contributed by atoms with Crippen LogP contribution in [0.2, 0.25) is 0 Å². The van der Waals surface area contributed by atoms with Crippen LogP contribution in [0.1, 0.15) is 63.7 Å². The third-order valence-corrected chi connectivity index (χ3v) is 8.54. The lowest BCUT2D eigenvalue weighted by molar-refractivity contribution is -0.259. The molecular weight excluding hydrogens is 715 g/mol. The van der Waals surface area contributed by atoms with E-state index >= 15 is 0 Å². The van der Waals surface area contributed by atoms with E-state index in [0.29, 0.717) is 24.8 Å². The van der Waals surface area contributed by atoms with Gasteiger partial charge < -0.3 is 14.7 Å². The number of ether oxygens (including phenoxy) is 2. The van der Waals surface area contributed by atoms with Gasteiger partial charge in [0.1, 0.15) is 6.10 Å². The quantitative estimate of drug-likeness (QED) is 0.183. The van der Waals surface area contributed by atoms with E-state index in [4.69, 9.17) is 9.47 Å². The monoisotopic (exact) mass is 741 g/mol.